The Kier molecular flexibility index (Phi) is 5.05. The van der Waals surface area contributed by atoms with Gasteiger partial charge in [-0.2, -0.15) is 5.26 Å². The van der Waals surface area contributed by atoms with Crippen molar-refractivity contribution in [3.05, 3.63) is 88.3 Å². The van der Waals surface area contributed by atoms with Crippen LogP contribution in [0.2, 0.25) is 0 Å². The molecule has 0 unspecified atom stereocenters. The number of ether oxygens (including phenoxy) is 2. The number of nitrogens with zero attached hydrogens (tertiary/aromatic N) is 1. The molecule has 5 nitrogen and oxygen atoms in total. The van der Waals surface area contributed by atoms with Gasteiger partial charge in [0.25, 0.3) is 0 Å². The van der Waals surface area contributed by atoms with Crippen LogP contribution in [0.4, 0.5) is 4.39 Å². The zero-order valence-corrected chi connectivity index (χ0v) is 15.7. The minimum Gasteiger partial charge on any atom is -0.488 e. The van der Waals surface area contributed by atoms with E-state index in [-0.39, 0.29) is 29.7 Å². The molecule has 2 aliphatic rings. The lowest BCUT2D eigenvalue weighted by Gasteiger charge is -2.31. The first-order chi connectivity index (χ1) is 14.1. The van der Waals surface area contributed by atoms with Gasteiger partial charge in [0.2, 0.25) is 5.88 Å². The number of rotatable bonds is 4. The van der Waals surface area contributed by atoms with Gasteiger partial charge in [-0.1, -0.05) is 36.4 Å². The van der Waals surface area contributed by atoms with Crippen molar-refractivity contribution in [3.8, 4) is 11.8 Å². The van der Waals surface area contributed by atoms with Crippen LogP contribution in [0.3, 0.4) is 0 Å². The molecule has 0 aromatic heterocycles. The molecule has 1 heterocycles. The van der Waals surface area contributed by atoms with E-state index in [1.54, 1.807) is 42.5 Å². The summed E-state index contributed by atoms with van der Waals surface area (Å²) in [6, 6.07) is 15.6. The third-order valence-corrected chi connectivity index (χ3v) is 5.18. The molecule has 1 aliphatic carbocycles. The minimum absolute atomic E-state index is 0.00913. The summed E-state index contributed by atoms with van der Waals surface area (Å²) in [6.07, 6.45) is 1.68. The van der Waals surface area contributed by atoms with Crippen molar-refractivity contribution in [2.45, 2.75) is 31.8 Å². The number of halogens is 1. The Hall–Kier alpha value is -3.59. The summed E-state index contributed by atoms with van der Waals surface area (Å²) in [4.78, 5) is 12.7. The van der Waals surface area contributed by atoms with Gasteiger partial charge >= 0.3 is 0 Å². The fourth-order valence-corrected chi connectivity index (χ4v) is 3.79. The average Bonchev–Trinajstić information content (AvgIpc) is 2.73. The lowest BCUT2D eigenvalue weighted by molar-refractivity contribution is -0.116. The van der Waals surface area contributed by atoms with E-state index in [0.29, 0.717) is 47.5 Å². The molecule has 2 aromatic carbocycles. The molecule has 146 valence electrons. The number of hydrogen-bond acceptors (Lipinski definition) is 5. The zero-order valence-electron chi connectivity index (χ0n) is 15.7. The molecule has 0 radical (unpaired) electrons. The predicted molar refractivity (Wildman–Crippen MR) is 104 cm³/mol. The highest BCUT2D eigenvalue weighted by atomic mass is 19.1. The Morgan fingerprint density at radius 2 is 1.93 bits per heavy atom. The largest absolute Gasteiger partial charge is 0.488 e. The Bertz CT molecular complexity index is 1080. The molecule has 1 atom stereocenters. The van der Waals surface area contributed by atoms with Crippen molar-refractivity contribution in [2.75, 3.05) is 0 Å². The van der Waals surface area contributed by atoms with E-state index in [9.17, 15) is 14.4 Å². The number of ketones is 1. The van der Waals surface area contributed by atoms with Crippen molar-refractivity contribution in [1.29, 1.82) is 5.26 Å². The van der Waals surface area contributed by atoms with E-state index in [1.165, 1.54) is 6.07 Å². The maximum absolute atomic E-state index is 14.0. The van der Waals surface area contributed by atoms with Crippen molar-refractivity contribution >= 4 is 5.78 Å². The summed E-state index contributed by atoms with van der Waals surface area (Å²) in [5.41, 5.74) is 7.70. The molecule has 2 aromatic rings. The minimum atomic E-state index is -0.659. The molecule has 0 fully saturated rings. The number of nitriles is 1. The van der Waals surface area contributed by atoms with E-state index in [1.807, 2.05) is 0 Å². The highest BCUT2D eigenvalue weighted by Crippen LogP contribution is 2.45. The molecule has 0 saturated heterocycles. The average molecular weight is 390 g/mol. The first-order valence-electron chi connectivity index (χ1n) is 9.39. The van der Waals surface area contributed by atoms with Gasteiger partial charge < -0.3 is 15.2 Å². The number of allylic oxidation sites excluding steroid dienone is 3. The van der Waals surface area contributed by atoms with Gasteiger partial charge in [0.15, 0.2) is 5.78 Å². The van der Waals surface area contributed by atoms with Crippen molar-refractivity contribution in [3.63, 3.8) is 0 Å². The van der Waals surface area contributed by atoms with Gasteiger partial charge in [-0.3, -0.25) is 4.79 Å². The van der Waals surface area contributed by atoms with Crippen LogP contribution in [0.1, 0.15) is 36.3 Å². The first kappa shape index (κ1) is 18.8. The number of nitrogens with two attached hydrogens (primary N) is 1. The summed E-state index contributed by atoms with van der Waals surface area (Å²) in [5, 5.41) is 9.71. The second-order valence-electron chi connectivity index (χ2n) is 6.96. The second-order valence-corrected chi connectivity index (χ2v) is 6.96. The lowest BCUT2D eigenvalue weighted by atomic mass is 9.77. The summed E-state index contributed by atoms with van der Waals surface area (Å²) >= 11 is 0. The second kappa shape index (κ2) is 7.80. The highest BCUT2D eigenvalue weighted by molar-refractivity contribution is 5.99. The lowest BCUT2D eigenvalue weighted by Crippen LogP contribution is -2.27. The molecule has 0 spiro atoms. The Balaban J connectivity index is 1.76. The molecular formula is C23H19FN2O3. The van der Waals surface area contributed by atoms with E-state index in [0.717, 1.165) is 0 Å². The van der Waals surface area contributed by atoms with Crippen LogP contribution in [0.25, 0.3) is 0 Å². The van der Waals surface area contributed by atoms with Gasteiger partial charge in [0.05, 0.1) is 5.92 Å². The van der Waals surface area contributed by atoms with Gasteiger partial charge in [-0.25, -0.2) is 4.39 Å². The predicted octanol–water partition coefficient (Wildman–Crippen LogP) is 4.22. The van der Waals surface area contributed by atoms with E-state index in [2.05, 4.69) is 6.07 Å². The van der Waals surface area contributed by atoms with Crippen LogP contribution in [0.15, 0.2) is 71.3 Å². The van der Waals surface area contributed by atoms with Gasteiger partial charge in [0, 0.05) is 29.5 Å². The normalized spacial score (nSPS) is 18.8. The monoisotopic (exact) mass is 390 g/mol. The topological polar surface area (TPSA) is 85.3 Å². The number of benzene rings is 2. The van der Waals surface area contributed by atoms with Crippen LogP contribution < -0.4 is 10.5 Å². The standard InChI is InChI=1S/C23H19FN2O3/c24-17-8-3-1-6-14(17)13-28-19-10-4-2-7-15(19)21-16(12-25)23(26)29-20-11-5-9-18(27)22(20)21/h1-4,6-8,10,21H,5,9,11,13,26H2/t21-/m0/s1. The molecule has 1 aliphatic heterocycles. The summed E-state index contributed by atoms with van der Waals surface area (Å²) in [6.45, 7) is 0.0217. The third kappa shape index (κ3) is 3.47. The molecule has 0 bridgehead atoms. The number of hydrogen-bond donors (Lipinski definition) is 1. The zero-order chi connectivity index (χ0) is 20.4. The maximum atomic E-state index is 14.0. The van der Waals surface area contributed by atoms with Crippen molar-refractivity contribution in [1.82, 2.24) is 0 Å². The summed E-state index contributed by atoms with van der Waals surface area (Å²) in [7, 11) is 0. The molecule has 0 saturated carbocycles. The Morgan fingerprint density at radius 3 is 2.72 bits per heavy atom. The first-order valence-corrected chi connectivity index (χ1v) is 9.39. The van der Waals surface area contributed by atoms with Crippen LogP contribution in [-0.4, -0.2) is 5.78 Å². The van der Waals surface area contributed by atoms with Gasteiger partial charge in [0.1, 0.15) is 35.6 Å². The SMILES string of the molecule is N#CC1=C(N)OC2=C(C(=O)CCC2)[C@H]1c1ccccc1OCc1ccccc1F. The van der Waals surface area contributed by atoms with Crippen LogP contribution in [0.5, 0.6) is 5.75 Å². The molecule has 2 N–H and O–H groups in total. The Labute approximate surface area is 167 Å². The van der Waals surface area contributed by atoms with Crippen molar-refractivity contribution in [2.24, 2.45) is 5.73 Å². The van der Waals surface area contributed by atoms with E-state index < -0.39 is 5.92 Å². The number of carbonyl (C=O) groups is 1. The fourth-order valence-electron chi connectivity index (χ4n) is 3.79. The van der Waals surface area contributed by atoms with Crippen LogP contribution >= 0.6 is 0 Å². The fraction of sp³-hybridized carbons (Fsp3) is 0.217. The molecule has 0 amide bonds. The van der Waals surface area contributed by atoms with E-state index >= 15 is 0 Å². The number of carbonyl (C=O) groups excluding carboxylic acids is 1. The quantitative estimate of drug-likeness (QED) is 0.845. The summed E-state index contributed by atoms with van der Waals surface area (Å²) in [5.74, 6) is -0.0749. The maximum Gasteiger partial charge on any atom is 0.205 e. The van der Waals surface area contributed by atoms with Crippen LogP contribution in [-0.2, 0) is 16.1 Å². The number of para-hydroxylation sites is 1. The molecule has 6 heteroatoms. The van der Waals surface area contributed by atoms with Crippen molar-refractivity contribution < 1.29 is 18.7 Å². The van der Waals surface area contributed by atoms with Gasteiger partial charge in [-0.05, 0) is 18.6 Å². The Morgan fingerprint density at radius 1 is 1.17 bits per heavy atom. The third-order valence-electron chi connectivity index (χ3n) is 5.18. The molecule has 4 rings (SSSR count). The van der Waals surface area contributed by atoms with Crippen LogP contribution in [0, 0.1) is 17.1 Å². The molecule has 29 heavy (non-hydrogen) atoms. The number of Topliss-reactive ketones (excluding diaryl/α,β-unsaturated/α-hetero) is 1. The highest BCUT2D eigenvalue weighted by Gasteiger charge is 2.39. The van der Waals surface area contributed by atoms with E-state index in [4.69, 9.17) is 15.2 Å². The summed E-state index contributed by atoms with van der Waals surface area (Å²) < 4.78 is 25.5. The molecular weight excluding hydrogens is 371 g/mol. The van der Waals surface area contributed by atoms with Gasteiger partial charge in [-0.15, -0.1) is 0 Å². The smallest absolute Gasteiger partial charge is 0.205 e.